The molecule has 1 N–H and O–H groups in total. The van der Waals surface area contributed by atoms with Crippen molar-refractivity contribution in [1.82, 2.24) is 4.31 Å². The van der Waals surface area contributed by atoms with Crippen molar-refractivity contribution >= 4 is 31.4 Å². The van der Waals surface area contributed by atoms with Gasteiger partial charge in [0.25, 0.3) is 10.0 Å². The number of hydrogen-bond acceptors (Lipinski definition) is 4. The molecule has 1 unspecified atom stereocenters. The van der Waals surface area contributed by atoms with Gasteiger partial charge in [0.15, 0.2) is 0 Å². The van der Waals surface area contributed by atoms with Crippen LogP contribution in [0.2, 0.25) is 0 Å². The van der Waals surface area contributed by atoms with Crippen molar-refractivity contribution in [3.05, 3.63) is 29.8 Å². The highest BCUT2D eigenvalue weighted by Crippen LogP contribution is 2.35. The van der Waals surface area contributed by atoms with Crippen molar-refractivity contribution in [3.8, 4) is 0 Å². The maximum Gasteiger partial charge on any atom is 0.252 e. The van der Waals surface area contributed by atoms with Crippen LogP contribution in [-0.2, 0) is 10.0 Å². The Labute approximate surface area is 130 Å². The summed E-state index contributed by atoms with van der Waals surface area (Å²) in [4.78, 5) is 0. The van der Waals surface area contributed by atoms with E-state index in [1.165, 1.54) is 15.6 Å². The van der Waals surface area contributed by atoms with E-state index in [-0.39, 0.29) is 6.54 Å². The lowest BCUT2D eigenvalue weighted by molar-refractivity contribution is 0.163. The largest absolute Gasteiger partial charge is 0.392 e. The zero-order valence-corrected chi connectivity index (χ0v) is 14.2. The lowest BCUT2D eigenvalue weighted by Gasteiger charge is -2.22. The van der Waals surface area contributed by atoms with Gasteiger partial charge in [0.05, 0.1) is 6.10 Å². The number of fused-ring (bicyclic) bond motifs is 1. The molecule has 0 fully saturated rings. The second kappa shape index (κ2) is 6.44. The second-order valence-electron chi connectivity index (χ2n) is 5.22. The molecule has 1 aromatic carbocycles. The zero-order valence-electron chi connectivity index (χ0n) is 12.5. The molecule has 1 heterocycles. The van der Waals surface area contributed by atoms with E-state index in [4.69, 9.17) is 0 Å². The molecular formula is C15H21NO3S2. The first-order chi connectivity index (χ1) is 9.87. The Morgan fingerprint density at radius 2 is 2.00 bits per heavy atom. The second-order valence-corrected chi connectivity index (χ2v) is 8.41. The molecule has 0 saturated carbocycles. The van der Waals surface area contributed by atoms with Gasteiger partial charge in [-0.05, 0) is 37.3 Å². The van der Waals surface area contributed by atoms with Gasteiger partial charge < -0.3 is 5.11 Å². The quantitative estimate of drug-likeness (QED) is 0.887. The van der Waals surface area contributed by atoms with E-state index in [1.807, 2.05) is 38.1 Å². The summed E-state index contributed by atoms with van der Waals surface area (Å²) in [5.74, 6) is 0. The highest BCUT2D eigenvalue weighted by atomic mass is 32.2. The topological polar surface area (TPSA) is 57.6 Å². The van der Waals surface area contributed by atoms with Gasteiger partial charge in [-0.25, -0.2) is 8.42 Å². The molecule has 0 aliphatic heterocycles. The van der Waals surface area contributed by atoms with E-state index in [1.54, 1.807) is 6.92 Å². The van der Waals surface area contributed by atoms with Crippen LogP contribution in [0.5, 0.6) is 0 Å². The predicted octanol–water partition coefficient (Wildman–Crippen LogP) is 2.99. The normalized spacial score (nSPS) is 14.0. The molecule has 1 aromatic heterocycles. The third kappa shape index (κ3) is 3.29. The number of benzene rings is 1. The Bertz CT molecular complexity index is 720. The molecule has 0 amide bonds. The Balaban J connectivity index is 2.51. The first-order valence-electron chi connectivity index (χ1n) is 7.04. The molecule has 2 aromatic rings. The summed E-state index contributed by atoms with van der Waals surface area (Å²) in [6.45, 7) is 5.93. The number of nitrogens with zero attached hydrogens (tertiary/aromatic N) is 1. The molecule has 0 bridgehead atoms. The molecule has 116 valence electrons. The van der Waals surface area contributed by atoms with E-state index in [0.29, 0.717) is 10.8 Å². The van der Waals surface area contributed by atoms with Crippen LogP contribution in [0.15, 0.2) is 28.5 Å². The van der Waals surface area contributed by atoms with E-state index in [2.05, 4.69) is 0 Å². The smallest absolute Gasteiger partial charge is 0.252 e. The lowest BCUT2D eigenvalue weighted by Crippen LogP contribution is -2.37. The summed E-state index contributed by atoms with van der Waals surface area (Å²) in [6, 6.07) is 7.70. The lowest BCUT2D eigenvalue weighted by atomic mass is 10.2. The third-order valence-corrected chi connectivity index (χ3v) is 7.05. The highest BCUT2D eigenvalue weighted by Gasteiger charge is 2.29. The van der Waals surface area contributed by atoms with Crippen LogP contribution < -0.4 is 0 Å². The minimum Gasteiger partial charge on any atom is -0.392 e. The van der Waals surface area contributed by atoms with Crippen LogP contribution in [0.4, 0.5) is 0 Å². The molecule has 6 heteroatoms. The van der Waals surface area contributed by atoms with Crippen LogP contribution in [0.3, 0.4) is 0 Å². The van der Waals surface area contributed by atoms with Crippen molar-refractivity contribution in [3.63, 3.8) is 0 Å². The number of rotatable bonds is 6. The zero-order chi connectivity index (χ0) is 15.6. The van der Waals surface area contributed by atoms with Gasteiger partial charge in [0.1, 0.15) is 4.21 Å². The maximum absolute atomic E-state index is 12.9. The monoisotopic (exact) mass is 327 g/mol. The van der Waals surface area contributed by atoms with Gasteiger partial charge in [0, 0.05) is 17.8 Å². The summed E-state index contributed by atoms with van der Waals surface area (Å²) in [5.41, 5.74) is 0.794. The molecular weight excluding hydrogens is 306 g/mol. The molecule has 0 spiro atoms. The average Bonchev–Trinajstić information content (AvgIpc) is 2.76. The molecule has 4 nitrogen and oxygen atoms in total. The van der Waals surface area contributed by atoms with Gasteiger partial charge in [-0.2, -0.15) is 4.31 Å². The SMILES string of the molecule is CCCN(CC(C)O)S(=O)(=O)c1sc2ccccc2c1C. The molecule has 1 atom stereocenters. The van der Waals surface area contributed by atoms with Gasteiger partial charge in [-0.15, -0.1) is 11.3 Å². The average molecular weight is 327 g/mol. The Kier molecular flexibility index (Phi) is 5.03. The van der Waals surface area contributed by atoms with E-state index in [9.17, 15) is 13.5 Å². The predicted molar refractivity (Wildman–Crippen MR) is 87.3 cm³/mol. The summed E-state index contributed by atoms with van der Waals surface area (Å²) < 4.78 is 28.5. The van der Waals surface area contributed by atoms with Crippen LogP contribution >= 0.6 is 11.3 Å². The molecule has 0 aliphatic carbocycles. The van der Waals surface area contributed by atoms with E-state index >= 15 is 0 Å². The van der Waals surface area contributed by atoms with Gasteiger partial charge >= 0.3 is 0 Å². The number of aliphatic hydroxyl groups excluding tert-OH is 1. The van der Waals surface area contributed by atoms with Crippen molar-refractivity contribution in [2.75, 3.05) is 13.1 Å². The van der Waals surface area contributed by atoms with Crippen molar-refractivity contribution in [2.45, 2.75) is 37.5 Å². The third-order valence-electron chi connectivity index (χ3n) is 3.31. The number of aryl methyl sites for hydroxylation is 1. The molecule has 0 saturated heterocycles. The van der Waals surface area contributed by atoms with Gasteiger partial charge in [0.2, 0.25) is 0 Å². The summed E-state index contributed by atoms with van der Waals surface area (Å²) in [7, 11) is -3.56. The van der Waals surface area contributed by atoms with Gasteiger partial charge in [-0.1, -0.05) is 25.1 Å². The fourth-order valence-electron chi connectivity index (χ4n) is 2.37. The van der Waals surface area contributed by atoms with Crippen LogP contribution in [0.1, 0.15) is 25.8 Å². The van der Waals surface area contributed by atoms with Gasteiger partial charge in [-0.3, -0.25) is 0 Å². The standard InChI is InChI=1S/C15H21NO3S2/c1-4-9-16(10-11(2)17)21(18,19)15-12(3)13-7-5-6-8-14(13)20-15/h5-8,11,17H,4,9-10H2,1-3H3. The number of thiophene rings is 1. The number of hydrogen-bond donors (Lipinski definition) is 1. The minimum atomic E-state index is -3.56. The minimum absolute atomic E-state index is 0.129. The number of aliphatic hydroxyl groups is 1. The Morgan fingerprint density at radius 3 is 2.57 bits per heavy atom. The highest BCUT2D eigenvalue weighted by molar-refractivity contribution is 7.91. The van der Waals surface area contributed by atoms with Crippen LogP contribution in [0, 0.1) is 6.92 Å². The Hall–Kier alpha value is -0.950. The summed E-state index contributed by atoms with van der Waals surface area (Å²) in [6.07, 6.45) is 0.0385. The maximum atomic E-state index is 12.9. The van der Waals surface area contributed by atoms with Crippen LogP contribution in [0.25, 0.3) is 10.1 Å². The molecule has 21 heavy (non-hydrogen) atoms. The first-order valence-corrected chi connectivity index (χ1v) is 9.30. The Morgan fingerprint density at radius 1 is 1.33 bits per heavy atom. The molecule has 0 aliphatic rings. The first kappa shape index (κ1) is 16.4. The van der Waals surface area contributed by atoms with Crippen molar-refractivity contribution in [2.24, 2.45) is 0 Å². The fraction of sp³-hybridized carbons (Fsp3) is 0.467. The van der Waals surface area contributed by atoms with E-state index in [0.717, 1.165) is 22.1 Å². The van der Waals surface area contributed by atoms with Crippen LogP contribution in [-0.4, -0.2) is 37.0 Å². The van der Waals surface area contributed by atoms with E-state index < -0.39 is 16.1 Å². The summed E-state index contributed by atoms with van der Waals surface area (Å²) >= 11 is 1.30. The van der Waals surface area contributed by atoms with Crippen molar-refractivity contribution in [1.29, 1.82) is 0 Å². The number of sulfonamides is 1. The molecule has 2 rings (SSSR count). The fourth-order valence-corrected chi connectivity index (χ4v) is 5.88. The summed E-state index contributed by atoms with van der Waals surface area (Å²) in [5, 5.41) is 10.5. The van der Waals surface area contributed by atoms with Crippen molar-refractivity contribution < 1.29 is 13.5 Å². The molecule has 0 radical (unpaired) electrons.